The van der Waals surface area contributed by atoms with Gasteiger partial charge in [0.2, 0.25) is 0 Å². The third kappa shape index (κ3) is 3.26. The molecule has 0 unspecified atom stereocenters. The van der Waals surface area contributed by atoms with E-state index < -0.39 is 17.1 Å². The van der Waals surface area contributed by atoms with Gasteiger partial charge in [0.15, 0.2) is 0 Å². The molecule has 0 aliphatic heterocycles. The number of rotatable bonds is 3. The molecule has 1 aromatic carbocycles. The first-order valence-corrected chi connectivity index (χ1v) is 7.38. The summed E-state index contributed by atoms with van der Waals surface area (Å²) in [5, 5.41) is 0. The van der Waals surface area contributed by atoms with E-state index in [0.717, 1.165) is 9.13 Å². The minimum Gasteiger partial charge on any atom is -0.369 e. The number of aliphatic imine (C=N–C) groups is 1. The van der Waals surface area contributed by atoms with E-state index in [2.05, 4.69) is 4.99 Å². The number of halogens is 2. The van der Waals surface area contributed by atoms with Crippen LogP contribution >= 0.6 is 22.6 Å². The molecule has 0 N–H and O–H groups in total. The summed E-state index contributed by atoms with van der Waals surface area (Å²) >= 11 is 1.98. The molecule has 1 heterocycles. The molecule has 2 aromatic rings. The zero-order valence-electron chi connectivity index (χ0n) is 12.2. The molecule has 0 aliphatic rings. The Morgan fingerprint density at radius 3 is 2.55 bits per heavy atom. The quantitative estimate of drug-likeness (QED) is 0.433. The van der Waals surface area contributed by atoms with Crippen LogP contribution in [0.1, 0.15) is 0 Å². The number of benzene rings is 1. The van der Waals surface area contributed by atoms with Crippen molar-refractivity contribution in [3.63, 3.8) is 0 Å². The van der Waals surface area contributed by atoms with E-state index in [1.807, 2.05) is 22.6 Å². The van der Waals surface area contributed by atoms with Crippen LogP contribution in [-0.2, 0) is 7.05 Å². The molecular formula is C14H14FIN4O2. The van der Waals surface area contributed by atoms with Crippen molar-refractivity contribution in [2.45, 2.75) is 0 Å². The van der Waals surface area contributed by atoms with Crippen LogP contribution in [0.25, 0.3) is 5.69 Å². The molecule has 0 atom stereocenters. The summed E-state index contributed by atoms with van der Waals surface area (Å²) in [5.41, 5.74) is -1.11. The van der Waals surface area contributed by atoms with Gasteiger partial charge in [-0.15, -0.1) is 0 Å². The lowest BCUT2D eigenvalue weighted by Gasteiger charge is -2.12. The maximum Gasteiger partial charge on any atom is 0.337 e. The van der Waals surface area contributed by atoms with E-state index in [1.54, 1.807) is 25.1 Å². The van der Waals surface area contributed by atoms with E-state index in [-0.39, 0.29) is 11.5 Å². The van der Waals surface area contributed by atoms with Gasteiger partial charge in [0, 0.05) is 30.8 Å². The van der Waals surface area contributed by atoms with Crippen molar-refractivity contribution < 1.29 is 4.39 Å². The predicted molar refractivity (Wildman–Crippen MR) is 91.8 cm³/mol. The molecule has 0 saturated carbocycles. The third-order valence-electron chi connectivity index (χ3n) is 2.86. The fourth-order valence-electron chi connectivity index (χ4n) is 1.77. The smallest absolute Gasteiger partial charge is 0.337 e. The second-order valence-corrected chi connectivity index (χ2v) is 6.07. The van der Waals surface area contributed by atoms with E-state index in [4.69, 9.17) is 0 Å². The van der Waals surface area contributed by atoms with Crippen LogP contribution < -0.4 is 11.2 Å². The van der Waals surface area contributed by atoms with Gasteiger partial charge < -0.3 is 4.90 Å². The molecular weight excluding hydrogens is 402 g/mol. The van der Waals surface area contributed by atoms with Gasteiger partial charge in [-0.2, -0.15) is 0 Å². The molecule has 1 aromatic heterocycles. The van der Waals surface area contributed by atoms with Crippen molar-refractivity contribution in [1.29, 1.82) is 0 Å². The van der Waals surface area contributed by atoms with Crippen LogP contribution in [0.3, 0.4) is 0 Å². The van der Waals surface area contributed by atoms with Crippen LogP contribution in [0.5, 0.6) is 0 Å². The lowest BCUT2D eigenvalue weighted by atomic mass is 10.3. The van der Waals surface area contributed by atoms with Gasteiger partial charge in [-0.3, -0.25) is 9.36 Å². The average molecular weight is 416 g/mol. The minimum absolute atomic E-state index is 0.0481. The largest absolute Gasteiger partial charge is 0.369 e. The van der Waals surface area contributed by atoms with Crippen LogP contribution in [0.2, 0.25) is 0 Å². The molecule has 8 heteroatoms. The predicted octanol–water partition coefficient (Wildman–Crippen LogP) is 1.50. The zero-order valence-corrected chi connectivity index (χ0v) is 14.4. The first-order chi connectivity index (χ1) is 10.3. The van der Waals surface area contributed by atoms with Crippen LogP contribution in [-0.4, -0.2) is 34.5 Å². The summed E-state index contributed by atoms with van der Waals surface area (Å²) in [6.45, 7) is 0. The Hall–Kier alpha value is -1.97. The number of hydrogen-bond donors (Lipinski definition) is 0. The minimum atomic E-state index is -0.654. The Kier molecular flexibility index (Phi) is 4.79. The maximum absolute atomic E-state index is 14.2. The van der Waals surface area contributed by atoms with Crippen molar-refractivity contribution in [3.05, 3.63) is 54.5 Å². The first kappa shape index (κ1) is 16.4. The lowest BCUT2D eigenvalue weighted by Crippen LogP contribution is -2.37. The van der Waals surface area contributed by atoms with Crippen molar-refractivity contribution in [2.24, 2.45) is 12.0 Å². The van der Waals surface area contributed by atoms with Crippen LogP contribution in [0.15, 0.2) is 38.8 Å². The zero-order chi connectivity index (χ0) is 16.4. The SMILES string of the molecule is CN(C)/C=N\c1cc(=O)n(C)c(=O)n1-c1ccc(I)cc1F. The first-order valence-electron chi connectivity index (χ1n) is 6.30. The molecule has 0 bridgehead atoms. The summed E-state index contributed by atoms with van der Waals surface area (Å²) in [5.74, 6) is -0.490. The summed E-state index contributed by atoms with van der Waals surface area (Å²) in [4.78, 5) is 29.9. The van der Waals surface area contributed by atoms with Crippen LogP contribution in [0.4, 0.5) is 10.2 Å². The van der Waals surface area contributed by atoms with E-state index in [9.17, 15) is 14.0 Å². The highest BCUT2D eigenvalue weighted by atomic mass is 127. The van der Waals surface area contributed by atoms with Crippen molar-refractivity contribution in [2.75, 3.05) is 14.1 Å². The highest BCUT2D eigenvalue weighted by molar-refractivity contribution is 14.1. The van der Waals surface area contributed by atoms with Crippen LogP contribution in [0, 0.1) is 9.39 Å². The van der Waals surface area contributed by atoms with Crippen molar-refractivity contribution in [3.8, 4) is 5.69 Å². The van der Waals surface area contributed by atoms with Gasteiger partial charge in [0.25, 0.3) is 5.56 Å². The molecule has 2 rings (SSSR count). The summed E-state index contributed by atoms with van der Waals surface area (Å²) in [6, 6.07) is 5.67. The van der Waals surface area contributed by atoms with Crippen molar-refractivity contribution in [1.82, 2.24) is 14.0 Å². The monoisotopic (exact) mass is 416 g/mol. The molecule has 116 valence electrons. The molecule has 0 saturated heterocycles. The molecule has 0 fully saturated rings. The van der Waals surface area contributed by atoms with Gasteiger partial charge >= 0.3 is 5.69 Å². The fourth-order valence-corrected chi connectivity index (χ4v) is 2.23. The van der Waals surface area contributed by atoms with Crippen molar-refractivity contribution >= 4 is 34.7 Å². The summed E-state index contributed by atoms with van der Waals surface area (Å²) in [6.07, 6.45) is 1.44. The summed E-state index contributed by atoms with van der Waals surface area (Å²) in [7, 11) is 4.84. The Morgan fingerprint density at radius 2 is 1.95 bits per heavy atom. The Bertz CT molecular complexity index is 855. The Labute approximate surface area is 139 Å². The average Bonchev–Trinajstić information content (AvgIpc) is 2.44. The number of aromatic nitrogens is 2. The molecule has 0 radical (unpaired) electrons. The number of nitrogens with zero attached hydrogens (tertiary/aromatic N) is 4. The van der Waals surface area contributed by atoms with E-state index >= 15 is 0 Å². The fraction of sp³-hybridized carbons (Fsp3) is 0.214. The standard InChI is InChI=1S/C14H14FIN4O2/c1-18(2)8-17-12-7-13(21)19(3)14(22)20(12)11-5-4-9(16)6-10(11)15/h4-8H,1-3H3/b17-8-. The van der Waals surface area contributed by atoms with E-state index in [0.29, 0.717) is 3.57 Å². The molecule has 6 nitrogen and oxygen atoms in total. The summed E-state index contributed by atoms with van der Waals surface area (Å²) < 4.78 is 16.9. The third-order valence-corrected chi connectivity index (χ3v) is 3.53. The lowest BCUT2D eigenvalue weighted by molar-refractivity contribution is 0.607. The maximum atomic E-state index is 14.2. The van der Waals surface area contributed by atoms with Gasteiger partial charge in [-0.25, -0.2) is 18.7 Å². The molecule has 0 aliphatic carbocycles. The number of hydrogen-bond acceptors (Lipinski definition) is 3. The molecule has 22 heavy (non-hydrogen) atoms. The molecule has 0 spiro atoms. The highest BCUT2D eigenvalue weighted by Crippen LogP contribution is 2.19. The van der Waals surface area contributed by atoms with Gasteiger partial charge in [0.1, 0.15) is 11.6 Å². The van der Waals surface area contributed by atoms with Gasteiger partial charge in [-0.05, 0) is 40.8 Å². The van der Waals surface area contributed by atoms with E-state index in [1.165, 1.54) is 31.6 Å². The molecule has 0 amide bonds. The topological polar surface area (TPSA) is 59.6 Å². The normalized spacial score (nSPS) is 11.1. The Morgan fingerprint density at radius 1 is 1.27 bits per heavy atom. The van der Waals surface area contributed by atoms with Gasteiger partial charge in [-0.1, -0.05) is 0 Å². The Balaban J connectivity index is 2.80. The second-order valence-electron chi connectivity index (χ2n) is 4.82. The van der Waals surface area contributed by atoms with Gasteiger partial charge in [0.05, 0.1) is 12.0 Å². The highest BCUT2D eigenvalue weighted by Gasteiger charge is 2.14. The second kappa shape index (κ2) is 6.42.